The number of nitrogens with one attached hydrogen (secondary N) is 1. The minimum atomic E-state index is 0.630. The lowest BCUT2D eigenvalue weighted by Gasteiger charge is -2.45. The van der Waals surface area contributed by atoms with Crippen LogP contribution in [0.2, 0.25) is 0 Å². The molecule has 4 rings (SSSR count). The summed E-state index contributed by atoms with van der Waals surface area (Å²) in [6.45, 7) is 6.54. The van der Waals surface area contributed by atoms with Crippen molar-refractivity contribution < 1.29 is 4.74 Å². The summed E-state index contributed by atoms with van der Waals surface area (Å²) >= 11 is 0. The number of anilines is 1. The van der Waals surface area contributed by atoms with Gasteiger partial charge in [-0.15, -0.1) is 0 Å². The van der Waals surface area contributed by atoms with Crippen LogP contribution in [0.25, 0.3) is 0 Å². The molecule has 1 aromatic rings. The zero-order valence-corrected chi connectivity index (χ0v) is 11.1. The third-order valence-corrected chi connectivity index (χ3v) is 4.17. The normalized spacial score (nSPS) is 30.2. The van der Waals surface area contributed by atoms with Crippen LogP contribution in [0, 0.1) is 5.92 Å². The largest absolute Gasteiger partial charge is 0.494 e. The monoisotopic (exact) mass is 246 g/mol. The maximum absolute atomic E-state index is 5.46. The second-order valence-corrected chi connectivity index (χ2v) is 5.35. The van der Waals surface area contributed by atoms with Crippen molar-refractivity contribution in [3.05, 3.63) is 24.3 Å². The summed E-state index contributed by atoms with van der Waals surface area (Å²) in [7, 11) is 0. The number of ether oxygens (including phenoxy) is 1. The Morgan fingerprint density at radius 3 is 2.50 bits per heavy atom. The van der Waals surface area contributed by atoms with Gasteiger partial charge in [0.25, 0.3) is 0 Å². The number of hydrogen-bond acceptors (Lipinski definition) is 3. The van der Waals surface area contributed by atoms with Gasteiger partial charge < -0.3 is 15.0 Å². The number of rotatable bonds is 4. The van der Waals surface area contributed by atoms with Crippen molar-refractivity contribution in [2.24, 2.45) is 5.92 Å². The van der Waals surface area contributed by atoms with Crippen LogP contribution >= 0.6 is 0 Å². The van der Waals surface area contributed by atoms with E-state index in [9.17, 15) is 0 Å². The molecule has 3 heterocycles. The molecule has 1 aromatic carbocycles. The van der Waals surface area contributed by atoms with Crippen LogP contribution in [0.1, 0.15) is 19.8 Å². The molecule has 3 nitrogen and oxygen atoms in total. The molecule has 18 heavy (non-hydrogen) atoms. The number of nitrogens with zero attached hydrogens (tertiary/aromatic N) is 1. The van der Waals surface area contributed by atoms with Crippen LogP contribution in [0.3, 0.4) is 0 Å². The molecule has 0 aromatic heterocycles. The van der Waals surface area contributed by atoms with Crippen LogP contribution in [0.15, 0.2) is 24.3 Å². The molecule has 98 valence electrons. The summed E-state index contributed by atoms with van der Waals surface area (Å²) in [5.74, 6) is 1.82. The Labute approximate surface area is 109 Å². The molecule has 3 aliphatic heterocycles. The first-order chi connectivity index (χ1) is 8.85. The van der Waals surface area contributed by atoms with E-state index in [2.05, 4.69) is 22.3 Å². The molecule has 0 aliphatic carbocycles. The second kappa shape index (κ2) is 5.19. The highest BCUT2D eigenvalue weighted by Crippen LogP contribution is 2.30. The average molecular weight is 246 g/mol. The van der Waals surface area contributed by atoms with E-state index in [-0.39, 0.29) is 0 Å². The van der Waals surface area contributed by atoms with Gasteiger partial charge in [0.05, 0.1) is 6.61 Å². The maximum Gasteiger partial charge on any atom is 0.119 e. The number of fused-ring (bicyclic) bond motifs is 3. The Bertz CT molecular complexity index is 382. The first-order valence-electron chi connectivity index (χ1n) is 7.07. The average Bonchev–Trinajstić information content (AvgIpc) is 2.43. The molecule has 1 N–H and O–H groups in total. The summed E-state index contributed by atoms with van der Waals surface area (Å²) in [5, 5.41) is 3.68. The van der Waals surface area contributed by atoms with Crippen LogP contribution in [-0.4, -0.2) is 37.2 Å². The third-order valence-electron chi connectivity index (χ3n) is 4.17. The SMILES string of the molecule is CCOc1ccc(NC2CN3CCC2CC3)cc1. The topological polar surface area (TPSA) is 24.5 Å². The Hall–Kier alpha value is -1.22. The van der Waals surface area contributed by atoms with Gasteiger partial charge in [0.15, 0.2) is 0 Å². The van der Waals surface area contributed by atoms with Gasteiger partial charge in [-0.2, -0.15) is 0 Å². The first kappa shape index (κ1) is 11.8. The van der Waals surface area contributed by atoms with Gasteiger partial charge in [-0.1, -0.05) is 0 Å². The van der Waals surface area contributed by atoms with Crippen molar-refractivity contribution in [1.29, 1.82) is 0 Å². The van der Waals surface area contributed by atoms with E-state index in [0.717, 1.165) is 18.3 Å². The van der Waals surface area contributed by atoms with Crippen molar-refractivity contribution in [3.8, 4) is 5.75 Å². The van der Waals surface area contributed by atoms with Gasteiger partial charge in [-0.05, 0) is 63.0 Å². The number of benzene rings is 1. The van der Waals surface area contributed by atoms with E-state index >= 15 is 0 Å². The van der Waals surface area contributed by atoms with Crippen LogP contribution < -0.4 is 10.1 Å². The summed E-state index contributed by atoms with van der Waals surface area (Å²) < 4.78 is 5.46. The Morgan fingerprint density at radius 2 is 1.94 bits per heavy atom. The molecule has 1 atom stereocenters. The van der Waals surface area contributed by atoms with Gasteiger partial charge in [-0.3, -0.25) is 0 Å². The Kier molecular flexibility index (Phi) is 3.41. The minimum Gasteiger partial charge on any atom is -0.494 e. The predicted molar refractivity (Wildman–Crippen MR) is 74.2 cm³/mol. The highest BCUT2D eigenvalue weighted by Gasteiger charge is 2.33. The molecule has 3 saturated heterocycles. The number of piperidine rings is 3. The summed E-state index contributed by atoms with van der Waals surface area (Å²) in [5.41, 5.74) is 1.22. The summed E-state index contributed by atoms with van der Waals surface area (Å²) in [4.78, 5) is 2.58. The summed E-state index contributed by atoms with van der Waals surface area (Å²) in [6.07, 6.45) is 2.71. The standard InChI is InChI=1S/C15H22N2O/c1-2-18-14-5-3-13(4-6-14)16-15-11-17-9-7-12(15)8-10-17/h3-6,12,15-16H,2,7-11H2,1H3. The van der Waals surface area contributed by atoms with Crippen LogP contribution in [0.4, 0.5) is 5.69 Å². The summed E-state index contributed by atoms with van der Waals surface area (Å²) in [6, 6.07) is 8.98. The highest BCUT2D eigenvalue weighted by atomic mass is 16.5. The minimum absolute atomic E-state index is 0.630. The molecular formula is C15H22N2O. The Balaban J connectivity index is 1.62. The third kappa shape index (κ3) is 2.46. The van der Waals surface area contributed by atoms with E-state index in [1.165, 1.54) is 38.2 Å². The van der Waals surface area contributed by atoms with Gasteiger partial charge in [-0.25, -0.2) is 0 Å². The first-order valence-corrected chi connectivity index (χ1v) is 7.07. The molecule has 0 radical (unpaired) electrons. The second-order valence-electron chi connectivity index (χ2n) is 5.35. The fourth-order valence-electron chi connectivity index (χ4n) is 3.16. The van der Waals surface area contributed by atoms with E-state index in [0.29, 0.717) is 6.04 Å². The molecule has 3 fully saturated rings. The molecule has 0 spiro atoms. The van der Waals surface area contributed by atoms with Crippen molar-refractivity contribution in [3.63, 3.8) is 0 Å². The fourth-order valence-corrected chi connectivity index (χ4v) is 3.16. The van der Waals surface area contributed by atoms with Crippen molar-refractivity contribution in [2.75, 3.05) is 31.6 Å². The quantitative estimate of drug-likeness (QED) is 0.883. The van der Waals surface area contributed by atoms with Crippen molar-refractivity contribution in [1.82, 2.24) is 4.90 Å². The number of hydrogen-bond donors (Lipinski definition) is 1. The zero-order valence-electron chi connectivity index (χ0n) is 11.1. The molecular weight excluding hydrogens is 224 g/mol. The van der Waals surface area contributed by atoms with E-state index in [4.69, 9.17) is 4.74 Å². The molecule has 2 bridgehead atoms. The van der Waals surface area contributed by atoms with Crippen molar-refractivity contribution >= 4 is 5.69 Å². The van der Waals surface area contributed by atoms with Crippen LogP contribution in [0.5, 0.6) is 5.75 Å². The van der Waals surface area contributed by atoms with Gasteiger partial charge in [0, 0.05) is 18.3 Å². The predicted octanol–water partition coefficient (Wildman–Crippen LogP) is 2.59. The van der Waals surface area contributed by atoms with E-state index < -0.39 is 0 Å². The Morgan fingerprint density at radius 1 is 1.22 bits per heavy atom. The molecule has 3 aliphatic rings. The molecule has 0 saturated carbocycles. The molecule has 1 unspecified atom stereocenters. The lowest BCUT2D eigenvalue weighted by molar-refractivity contribution is 0.0975. The van der Waals surface area contributed by atoms with Gasteiger partial charge in [0.2, 0.25) is 0 Å². The van der Waals surface area contributed by atoms with Crippen molar-refractivity contribution in [2.45, 2.75) is 25.8 Å². The van der Waals surface area contributed by atoms with Crippen LogP contribution in [-0.2, 0) is 0 Å². The smallest absolute Gasteiger partial charge is 0.119 e. The molecule has 3 heteroatoms. The maximum atomic E-state index is 5.46. The zero-order chi connectivity index (χ0) is 12.4. The van der Waals surface area contributed by atoms with Gasteiger partial charge >= 0.3 is 0 Å². The highest BCUT2D eigenvalue weighted by molar-refractivity contribution is 5.47. The molecule has 0 amide bonds. The lowest BCUT2D eigenvalue weighted by Crippen LogP contribution is -2.53. The lowest BCUT2D eigenvalue weighted by atomic mass is 9.84. The van der Waals surface area contributed by atoms with E-state index in [1.807, 2.05) is 19.1 Å². The van der Waals surface area contributed by atoms with E-state index in [1.54, 1.807) is 0 Å². The van der Waals surface area contributed by atoms with Gasteiger partial charge in [0.1, 0.15) is 5.75 Å². The fraction of sp³-hybridized carbons (Fsp3) is 0.600.